The zero-order chi connectivity index (χ0) is 23.4. The minimum Gasteiger partial charge on any atom is -0.478 e. The Labute approximate surface area is 198 Å². The van der Waals surface area contributed by atoms with Crippen molar-refractivity contribution in [2.75, 3.05) is 17.3 Å². The molecule has 176 valence electrons. The van der Waals surface area contributed by atoms with Gasteiger partial charge in [0.1, 0.15) is 5.37 Å². The summed E-state index contributed by atoms with van der Waals surface area (Å²) < 4.78 is 5.87. The number of aliphatic hydroxyl groups is 1. The average Bonchev–Trinajstić information content (AvgIpc) is 3.16. The number of thioether (sulfide) groups is 1. The van der Waals surface area contributed by atoms with Gasteiger partial charge in [-0.25, -0.2) is 4.79 Å². The van der Waals surface area contributed by atoms with Gasteiger partial charge in [-0.05, 0) is 54.7 Å². The van der Waals surface area contributed by atoms with Crippen LogP contribution in [0.3, 0.4) is 0 Å². The highest BCUT2D eigenvalue weighted by molar-refractivity contribution is 8.01. The molecule has 0 bridgehead atoms. The highest BCUT2D eigenvalue weighted by atomic mass is 32.2. The largest absolute Gasteiger partial charge is 0.478 e. The minimum absolute atomic E-state index is 0.0278. The number of aromatic carboxylic acids is 1. The Bertz CT molecular complexity index is 1010. The van der Waals surface area contributed by atoms with Crippen molar-refractivity contribution in [2.45, 2.75) is 57.1 Å². The standard InChI is InChI=1S/C26H31NO5S/c1-2-10-26(11-5-12-26)24(29)19-7-4-9-21(14-19)27-22(28)17-33-23(27)16-32-15-18-6-3-8-20(13-18)25(30)31/h3-4,6-9,13-14,23-24,29H,2,5,10-12,15-17H2,1H3,(H,30,31). The third-order valence-corrected chi connectivity index (χ3v) is 7.95. The topological polar surface area (TPSA) is 87.1 Å². The van der Waals surface area contributed by atoms with Gasteiger partial charge < -0.3 is 14.9 Å². The minimum atomic E-state index is -0.968. The van der Waals surface area contributed by atoms with E-state index in [4.69, 9.17) is 9.84 Å². The van der Waals surface area contributed by atoms with E-state index < -0.39 is 12.1 Å². The Kier molecular flexibility index (Phi) is 7.41. The van der Waals surface area contributed by atoms with Crippen LogP contribution in [0, 0.1) is 5.41 Å². The van der Waals surface area contributed by atoms with Crippen molar-refractivity contribution in [1.29, 1.82) is 0 Å². The molecule has 1 saturated heterocycles. The number of nitrogens with zero attached hydrogens (tertiary/aromatic N) is 1. The van der Waals surface area contributed by atoms with Gasteiger partial charge in [0.25, 0.3) is 0 Å². The molecule has 7 heteroatoms. The molecule has 2 aromatic carbocycles. The van der Waals surface area contributed by atoms with Gasteiger partial charge in [0.2, 0.25) is 5.91 Å². The average molecular weight is 470 g/mol. The van der Waals surface area contributed by atoms with E-state index in [2.05, 4.69) is 6.92 Å². The maximum atomic E-state index is 12.7. The van der Waals surface area contributed by atoms with Crippen LogP contribution in [-0.4, -0.2) is 39.8 Å². The van der Waals surface area contributed by atoms with E-state index in [1.807, 2.05) is 30.3 Å². The van der Waals surface area contributed by atoms with Gasteiger partial charge in [-0.15, -0.1) is 11.8 Å². The molecule has 2 N–H and O–H groups in total. The number of amides is 1. The molecule has 4 rings (SSSR count). The number of rotatable bonds is 10. The molecule has 6 nitrogen and oxygen atoms in total. The van der Waals surface area contributed by atoms with Crippen molar-refractivity contribution >= 4 is 29.3 Å². The Morgan fingerprint density at radius 1 is 1.24 bits per heavy atom. The number of anilines is 1. The molecule has 1 saturated carbocycles. The molecule has 1 amide bonds. The van der Waals surface area contributed by atoms with Crippen molar-refractivity contribution < 1.29 is 24.5 Å². The van der Waals surface area contributed by atoms with Gasteiger partial charge in [-0.3, -0.25) is 9.69 Å². The smallest absolute Gasteiger partial charge is 0.335 e. The van der Waals surface area contributed by atoms with E-state index in [-0.39, 0.29) is 28.9 Å². The van der Waals surface area contributed by atoms with Crippen molar-refractivity contribution in [3.63, 3.8) is 0 Å². The summed E-state index contributed by atoms with van der Waals surface area (Å²) in [5.41, 5.74) is 2.63. The Hall–Kier alpha value is -2.35. The second-order valence-corrected chi connectivity index (χ2v) is 10.2. The van der Waals surface area contributed by atoms with Crippen LogP contribution in [0.5, 0.6) is 0 Å². The molecule has 1 heterocycles. The van der Waals surface area contributed by atoms with E-state index in [0.29, 0.717) is 12.4 Å². The lowest BCUT2D eigenvalue weighted by Crippen LogP contribution is -2.37. The third kappa shape index (κ3) is 5.10. The molecular weight excluding hydrogens is 438 g/mol. The van der Waals surface area contributed by atoms with Crippen LogP contribution in [-0.2, 0) is 16.1 Å². The number of aliphatic hydroxyl groups excluding tert-OH is 1. The summed E-state index contributed by atoms with van der Waals surface area (Å²) >= 11 is 1.53. The molecule has 2 aliphatic rings. The van der Waals surface area contributed by atoms with Crippen LogP contribution in [0.1, 0.15) is 66.6 Å². The SMILES string of the molecule is CCCC1(C(O)c2cccc(N3C(=O)CSC3COCc3cccc(C(=O)O)c3)c2)CCC1. The zero-order valence-electron chi connectivity index (χ0n) is 18.9. The van der Waals surface area contributed by atoms with Crippen molar-refractivity contribution in [3.8, 4) is 0 Å². The number of ether oxygens (including phenoxy) is 1. The first-order valence-electron chi connectivity index (χ1n) is 11.6. The molecule has 2 unspecified atom stereocenters. The number of carboxylic acid groups (broad SMARTS) is 1. The first kappa shape index (κ1) is 23.8. The summed E-state index contributed by atoms with van der Waals surface area (Å²) in [7, 11) is 0. The monoisotopic (exact) mass is 469 g/mol. The number of hydrogen-bond acceptors (Lipinski definition) is 5. The molecule has 0 spiro atoms. The normalized spacial score (nSPS) is 20.5. The van der Waals surface area contributed by atoms with Crippen LogP contribution in [0.25, 0.3) is 0 Å². The van der Waals surface area contributed by atoms with Gasteiger partial charge in [0, 0.05) is 11.1 Å². The van der Waals surface area contributed by atoms with E-state index in [1.165, 1.54) is 11.8 Å². The van der Waals surface area contributed by atoms with Crippen molar-refractivity contribution in [3.05, 3.63) is 65.2 Å². The van der Waals surface area contributed by atoms with E-state index in [0.717, 1.165) is 48.9 Å². The number of hydrogen-bond donors (Lipinski definition) is 2. The van der Waals surface area contributed by atoms with E-state index in [1.54, 1.807) is 23.1 Å². The predicted molar refractivity (Wildman–Crippen MR) is 129 cm³/mol. The lowest BCUT2D eigenvalue weighted by molar-refractivity contribution is -0.116. The first-order chi connectivity index (χ1) is 15.9. The fourth-order valence-electron chi connectivity index (χ4n) is 4.96. The molecule has 2 fully saturated rings. The molecule has 0 aromatic heterocycles. The maximum absolute atomic E-state index is 12.7. The predicted octanol–water partition coefficient (Wildman–Crippen LogP) is 5.01. The van der Waals surface area contributed by atoms with E-state index >= 15 is 0 Å². The summed E-state index contributed by atoms with van der Waals surface area (Å²) in [5, 5.41) is 20.2. The van der Waals surface area contributed by atoms with Gasteiger partial charge >= 0.3 is 5.97 Å². The Morgan fingerprint density at radius 2 is 2.03 bits per heavy atom. The molecule has 1 aliphatic carbocycles. The zero-order valence-corrected chi connectivity index (χ0v) is 19.7. The lowest BCUT2D eigenvalue weighted by Gasteiger charge is -2.46. The molecule has 2 aromatic rings. The summed E-state index contributed by atoms with van der Waals surface area (Å²) in [4.78, 5) is 25.6. The molecule has 2 atom stereocenters. The molecule has 1 aliphatic heterocycles. The third-order valence-electron chi connectivity index (χ3n) is 6.80. The first-order valence-corrected chi connectivity index (χ1v) is 12.6. The van der Waals surface area contributed by atoms with Crippen LogP contribution in [0.2, 0.25) is 0 Å². The quantitative estimate of drug-likeness (QED) is 0.509. The van der Waals surface area contributed by atoms with Crippen LogP contribution >= 0.6 is 11.8 Å². The second-order valence-electron chi connectivity index (χ2n) is 9.01. The highest BCUT2D eigenvalue weighted by Gasteiger charge is 2.43. The summed E-state index contributed by atoms with van der Waals surface area (Å²) in [5.74, 6) is -0.556. The number of benzene rings is 2. The maximum Gasteiger partial charge on any atom is 0.335 e. The van der Waals surface area contributed by atoms with Gasteiger partial charge in [-0.1, -0.05) is 44.0 Å². The number of carboxylic acids is 1. The highest BCUT2D eigenvalue weighted by Crippen LogP contribution is 2.53. The van der Waals surface area contributed by atoms with Crippen molar-refractivity contribution in [1.82, 2.24) is 0 Å². The number of carbonyl (C=O) groups excluding carboxylic acids is 1. The van der Waals surface area contributed by atoms with Gasteiger partial charge in [-0.2, -0.15) is 0 Å². The van der Waals surface area contributed by atoms with Crippen molar-refractivity contribution in [2.24, 2.45) is 5.41 Å². The van der Waals surface area contributed by atoms with Crippen LogP contribution in [0.4, 0.5) is 5.69 Å². The number of carbonyl (C=O) groups is 2. The molecule has 0 radical (unpaired) electrons. The molecular formula is C26H31NO5S. The molecule has 33 heavy (non-hydrogen) atoms. The van der Waals surface area contributed by atoms with Crippen LogP contribution < -0.4 is 4.90 Å². The van der Waals surface area contributed by atoms with Gasteiger partial charge in [0.05, 0.1) is 30.6 Å². The Morgan fingerprint density at radius 3 is 2.73 bits per heavy atom. The summed E-state index contributed by atoms with van der Waals surface area (Å²) in [6, 6.07) is 14.4. The summed E-state index contributed by atoms with van der Waals surface area (Å²) in [6.07, 6.45) is 4.79. The fraction of sp³-hybridized carbons (Fsp3) is 0.462. The summed E-state index contributed by atoms with van der Waals surface area (Å²) in [6.45, 7) is 2.77. The fourth-order valence-corrected chi connectivity index (χ4v) is 6.02. The van der Waals surface area contributed by atoms with Crippen LogP contribution in [0.15, 0.2) is 48.5 Å². The van der Waals surface area contributed by atoms with E-state index in [9.17, 15) is 14.7 Å². The Balaban J connectivity index is 1.44. The van der Waals surface area contributed by atoms with Gasteiger partial charge in [0.15, 0.2) is 0 Å². The second kappa shape index (κ2) is 10.3. The lowest BCUT2D eigenvalue weighted by atomic mass is 9.61.